The van der Waals surface area contributed by atoms with Crippen molar-refractivity contribution in [3.8, 4) is 5.75 Å². The molecular weight excluding hydrogens is 390 g/mol. The lowest BCUT2D eigenvalue weighted by Gasteiger charge is -2.40. The van der Waals surface area contributed by atoms with Gasteiger partial charge in [0.15, 0.2) is 0 Å². The van der Waals surface area contributed by atoms with E-state index in [4.69, 9.17) is 4.74 Å². The molecule has 1 amide bonds. The summed E-state index contributed by atoms with van der Waals surface area (Å²) in [5.74, 6) is 0.906. The van der Waals surface area contributed by atoms with Crippen molar-refractivity contribution in [1.82, 2.24) is 24.6 Å². The fourth-order valence-electron chi connectivity index (χ4n) is 4.23. The summed E-state index contributed by atoms with van der Waals surface area (Å²) in [6, 6.07) is 19.0. The number of piperazine rings is 1. The minimum Gasteiger partial charge on any atom is -0.497 e. The van der Waals surface area contributed by atoms with Crippen LogP contribution in [0.1, 0.15) is 24.1 Å². The van der Waals surface area contributed by atoms with Gasteiger partial charge >= 0.3 is 0 Å². The first-order chi connectivity index (χ1) is 15.2. The Hall–Kier alpha value is -3.19. The van der Waals surface area contributed by atoms with Crippen LogP contribution in [0.5, 0.6) is 5.75 Å². The lowest BCUT2D eigenvalue weighted by Crippen LogP contribution is -2.51. The van der Waals surface area contributed by atoms with Crippen molar-refractivity contribution in [2.45, 2.75) is 19.5 Å². The first kappa shape index (κ1) is 21.1. The molecular formula is C24H29N5O2. The molecule has 7 nitrogen and oxygen atoms in total. The number of hydrogen-bond donors (Lipinski definition) is 0. The molecule has 1 fully saturated rings. The first-order valence-corrected chi connectivity index (χ1v) is 10.7. The van der Waals surface area contributed by atoms with Crippen LogP contribution in [0, 0.1) is 5.92 Å². The van der Waals surface area contributed by atoms with E-state index in [1.54, 1.807) is 18.1 Å². The average molecular weight is 420 g/mol. The molecule has 1 aliphatic rings. The highest BCUT2D eigenvalue weighted by Crippen LogP contribution is 2.31. The first-order valence-electron chi connectivity index (χ1n) is 10.7. The number of carbonyl (C=O) groups excluding carboxylic acids is 1. The maximum atomic E-state index is 12.9. The molecule has 2 aromatic carbocycles. The molecule has 0 bridgehead atoms. The Morgan fingerprint density at radius 2 is 1.68 bits per heavy atom. The van der Waals surface area contributed by atoms with E-state index in [1.807, 2.05) is 30.0 Å². The van der Waals surface area contributed by atoms with Gasteiger partial charge in [-0.1, -0.05) is 49.4 Å². The molecule has 162 valence electrons. The van der Waals surface area contributed by atoms with Crippen molar-refractivity contribution in [3.63, 3.8) is 0 Å². The summed E-state index contributed by atoms with van der Waals surface area (Å²) in [5.41, 5.74) is 2.48. The lowest BCUT2D eigenvalue weighted by molar-refractivity contribution is -0.137. The number of benzene rings is 2. The van der Waals surface area contributed by atoms with Gasteiger partial charge in [-0.15, -0.1) is 0 Å². The topological polar surface area (TPSA) is 63.5 Å². The standard InChI is InChI=1S/C24H29N5O2/c1-19(16-29-18-25-17-26-29)24(30)28-14-12-27(13-15-28)23(20-6-4-3-5-7-20)21-8-10-22(31-2)11-9-21/h3-11,17-19,23H,12-16H2,1-2H3/t19-,23-/m1/s1. The molecule has 7 heteroatoms. The van der Waals surface area contributed by atoms with Gasteiger partial charge in [-0.3, -0.25) is 14.4 Å². The SMILES string of the molecule is COc1ccc([C@@H](c2ccccc2)N2CCN(C(=O)[C@H](C)Cn3cncn3)CC2)cc1. The van der Waals surface area contributed by atoms with E-state index >= 15 is 0 Å². The van der Waals surface area contributed by atoms with Crippen molar-refractivity contribution >= 4 is 5.91 Å². The average Bonchev–Trinajstić information content (AvgIpc) is 3.33. The Labute approximate surface area is 183 Å². The summed E-state index contributed by atoms with van der Waals surface area (Å²) < 4.78 is 7.05. The zero-order chi connectivity index (χ0) is 21.6. The van der Waals surface area contributed by atoms with Gasteiger partial charge in [0.2, 0.25) is 5.91 Å². The van der Waals surface area contributed by atoms with Crippen molar-refractivity contribution in [3.05, 3.63) is 78.4 Å². The summed E-state index contributed by atoms with van der Waals surface area (Å²) >= 11 is 0. The van der Waals surface area contributed by atoms with Crippen molar-refractivity contribution < 1.29 is 9.53 Å². The van der Waals surface area contributed by atoms with E-state index in [0.717, 1.165) is 31.9 Å². The number of rotatable bonds is 7. The summed E-state index contributed by atoms with van der Waals surface area (Å²) in [6.45, 7) is 5.61. The predicted molar refractivity (Wildman–Crippen MR) is 119 cm³/mol. The van der Waals surface area contributed by atoms with Gasteiger partial charge in [-0.25, -0.2) is 4.98 Å². The summed E-state index contributed by atoms with van der Waals surface area (Å²) in [4.78, 5) is 21.3. The van der Waals surface area contributed by atoms with E-state index < -0.39 is 0 Å². The highest BCUT2D eigenvalue weighted by atomic mass is 16.5. The number of aromatic nitrogens is 3. The van der Waals surface area contributed by atoms with Crippen LogP contribution in [-0.2, 0) is 11.3 Å². The van der Waals surface area contributed by atoms with E-state index in [9.17, 15) is 4.79 Å². The normalized spacial score (nSPS) is 16.6. The summed E-state index contributed by atoms with van der Waals surface area (Å²) in [6.07, 6.45) is 3.15. The fourth-order valence-corrected chi connectivity index (χ4v) is 4.23. The number of nitrogens with zero attached hydrogens (tertiary/aromatic N) is 5. The van der Waals surface area contributed by atoms with Gasteiger partial charge in [0.05, 0.1) is 25.6 Å². The minimum absolute atomic E-state index is 0.125. The molecule has 0 saturated carbocycles. The van der Waals surface area contributed by atoms with E-state index in [1.165, 1.54) is 17.5 Å². The van der Waals surface area contributed by atoms with E-state index in [-0.39, 0.29) is 17.9 Å². The van der Waals surface area contributed by atoms with Crippen LogP contribution in [0.25, 0.3) is 0 Å². The molecule has 0 unspecified atom stereocenters. The molecule has 0 aliphatic carbocycles. The Morgan fingerprint density at radius 1 is 1.00 bits per heavy atom. The van der Waals surface area contributed by atoms with Gasteiger partial charge in [0.25, 0.3) is 0 Å². The van der Waals surface area contributed by atoms with E-state index in [0.29, 0.717) is 6.54 Å². The van der Waals surface area contributed by atoms with Gasteiger partial charge < -0.3 is 9.64 Å². The number of ether oxygens (including phenoxy) is 1. The quantitative estimate of drug-likeness (QED) is 0.589. The highest BCUT2D eigenvalue weighted by molar-refractivity contribution is 5.78. The summed E-state index contributed by atoms with van der Waals surface area (Å²) in [5, 5.41) is 4.12. The third-order valence-electron chi connectivity index (χ3n) is 5.89. The number of hydrogen-bond acceptors (Lipinski definition) is 5. The molecule has 2 heterocycles. The number of methoxy groups -OCH3 is 1. The van der Waals surface area contributed by atoms with Crippen LogP contribution in [-0.4, -0.2) is 63.8 Å². The molecule has 0 spiro atoms. The van der Waals surface area contributed by atoms with Crippen LogP contribution in [0.3, 0.4) is 0 Å². The van der Waals surface area contributed by atoms with Gasteiger partial charge in [0.1, 0.15) is 18.4 Å². The van der Waals surface area contributed by atoms with Gasteiger partial charge in [0, 0.05) is 26.2 Å². The maximum absolute atomic E-state index is 12.9. The van der Waals surface area contributed by atoms with Crippen LogP contribution in [0.4, 0.5) is 0 Å². The summed E-state index contributed by atoms with van der Waals surface area (Å²) in [7, 11) is 1.68. The van der Waals surface area contributed by atoms with Gasteiger partial charge in [-0.05, 0) is 23.3 Å². The molecule has 4 rings (SSSR count). The third-order valence-corrected chi connectivity index (χ3v) is 5.89. The monoisotopic (exact) mass is 419 g/mol. The lowest BCUT2D eigenvalue weighted by atomic mass is 9.96. The maximum Gasteiger partial charge on any atom is 0.227 e. The largest absolute Gasteiger partial charge is 0.497 e. The Balaban J connectivity index is 1.45. The second kappa shape index (κ2) is 9.75. The Bertz CT molecular complexity index is 951. The second-order valence-corrected chi connectivity index (χ2v) is 7.97. The van der Waals surface area contributed by atoms with Crippen LogP contribution in [0.2, 0.25) is 0 Å². The second-order valence-electron chi connectivity index (χ2n) is 7.97. The molecule has 3 aromatic rings. The van der Waals surface area contributed by atoms with Gasteiger partial charge in [-0.2, -0.15) is 5.10 Å². The van der Waals surface area contributed by atoms with Crippen molar-refractivity contribution in [1.29, 1.82) is 0 Å². The zero-order valence-corrected chi connectivity index (χ0v) is 18.1. The molecule has 1 aliphatic heterocycles. The number of carbonyl (C=O) groups is 1. The van der Waals surface area contributed by atoms with E-state index in [2.05, 4.69) is 51.4 Å². The van der Waals surface area contributed by atoms with Crippen LogP contribution < -0.4 is 4.74 Å². The Kier molecular flexibility index (Phi) is 6.62. The van der Waals surface area contributed by atoms with Crippen molar-refractivity contribution in [2.24, 2.45) is 5.92 Å². The molecule has 1 saturated heterocycles. The molecule has 0 radical (unpaired) electrons. The minimum atomic E-state index is -0.125. The molecule has 2 atom stereocenters. The third kappa shape index (κ3) is 4.94. The number of amides is 1. The zero-order valence-electron chi connectivity index (χ0n) is 18.1. The van der Waals surface area contributed by atoms with Crippen LogP contribution >= 0.6 is 0 Å². The highest BCUT2D eigenvalue weighted by Gasteiger charge is 2.30. The molecule has 0 N–H and O–H groups in total. The molecule has 1 aromatic heterocycles. The predicted octanol–water partition coefficient (Wildman–Crippen LogP) is 2.86. The molecule has 31 heavy (non-hydrogen) atoms. The Morgan fingerprint density at radius 3 is 2.29 bits per heavy atom. The van der Waals surface area contributed by atoms with Crippen molar-refractivity contribution in [2.75, 3.05) is 33.3 Å². The van der Waals surface area contributed by atoms with Crippen LogP contribution in [0.15, 0.2) is 67.3 Å². The smallest absolute Gasteiger partial charge is 0.227 e. The fraction of sp³-hybridized carbons (Fsp3) is 0.375.